The highest BCUT2D eigenvalue weighted by Gasteiger charge is 2.27. The summed E-state index contributed by atoms with van der Waals surface area (Å²) in [6.45, 7) is 6.62. The molecule has 0 N–H and O–H groups in total. The Kier molecular flexibility index (Phi) is 4.50. The van der Waals surface area contributed by atoms with Crippen molar-refractivity contribution in [2.75, 3.05) is 26.2 Å². The molecule has 0 bridgehead atoms. The minimum Gasteiger partial charge on any atom is -0.373 e. The maximum atomic E-state index is 13.5. The lowest BCUT2D eigenvalue weighted by molar-refractivity contribution is -0.0855. The standard InChI is InChI=1S/C15H19F2NO2/c1-15(2)10-18(8-9-20-15)7-6-13(19)11-4-3-5-12(16)14(11)17/h3-5H,6-10H2,1-2H3. The van der Waals surface area contributed by atoms with Crippen LogP contribution in [0.2, 0.25) is 0 Å². The van der Waals surface area contributed by atoms with Crippen LogP contribution in [0.4, 0.5) is 8.78 Å². The number of carbonyl (C=O) groups is 1. The molecule has 0 saturated carbocycles. The minimum atomic E-state index is -1.06. The number of benzene rings is 1. The van der Waals surface area contributed by atoms with E-state index in [1.165, 1.54) is 12.1 Å². The van der Waals surface area contributed by atoms with Crippen molar-refractivity contribution in [2.24, 2.45) is 0 Å². The van der Waals surface area contributed by atoms with Gasteiger partial charge in [-0.3, -0.25) is 9.69 Å². The summed E-state index contributed by atoms with van der Waals surface area (Å²) in [5.41, 5.74) is -0.400. The van der Waals surface area contributed by atoms with Gasteiger partial charge in [0.1, 0.15) is 0 Å². The summed E-state index contributed by atoms with van der Waals surface area (Å²) in [5, 5.41) is 0. The van der Waals surface area contributed by atoms with E-state index in [0.29, 0.717) is 13.2 Å². The second kappa shape index (κ2) is 5.97. The summed E-state index contributed by atoms with van der Waals surface area (Å²) in [6.07, 6.45) is 0.177. The molecule has 1 fully saturated rings. The summed E-state index contributed by atoms with van der Waals surface area (Å²) in [6, 6.07) is 3.68. The van der Waals surface area contributed by atoms with Crippen molar-refractivity contribution in [2.45, 2.75) is 25.9 Å². The first-order valence-electron chi connectivity index (χ1n) is 6.72. The van der Waals surface area contributed by atoms with Crippen LogP contribution < -0.4 is 0 Å². The smallest absolute Gasteiger partial charge is 0.169 e. The molecular formula is C15H19F2NO2. The molecule has 5 heteroatoms. The van der Waals surface area contributed by atoms with Gasteiger partial charge in [0.15, 0.2) is 17.4 Å². The molecule has 1 aromatic rings. The highest BCUT2D eigenvalue weighted by atomic mass is 19.2. The van der Waals surface area contributed by atoms with E-state index in [9.17, 15) is 13.6 Å². The van der Waals surface area contributed by atoms with Gasteiger partial charge in [-0.05, 0) is 26.0 Å². The molecule has 3 nitrogen and oxygen atoms in total. The predicted molar refractivity (Wildman–Crippen MR) is 71.8 cm³/mol. The van der Waals surface area contributed by atoms with E-state index < -0.39 is 11.6 Å². The van der Waals surface area contributed by atoms with Gasteiger partial charge in [-0.1, -0.05) is 6.07 Å². The van der Waals surface area contributed by atoms with E-state index >= 15 is 0 Å². The monoisotopic (exact) mass is 283 g/mol. The first kappa shape index (κ1) is 15.1. The normalized spacial score (nSPS) is 19.0. The van der Waals surface area contributed by atoms with Crippen LogP contribution in [-0.4, -0.2) is 42.5 Å². The van der Waals surface area contributed by atoms with E-state index in [1.54, 1.807) is 0 Å². The molecule has 1 aliphatic rings. The molecule has 1 aliphatic heterocycles. The molecule has 0 aromatic heterocycles. The maximum Gasteiger partial charge on any atom is 0.169 e. The summed E-state index contributed by atoms with van der Waals surface area (Å²) >= 11 is 0. The molecule has 0 spiro atoms. The molecule has 1 heterocycles. The number of morpholine rings is 1. The third kappa shape index (κ3) is 3.61. The Morgan fingerprint density at radius 1 is 1.40 bits per heavy atom. The molecule has 0 amide bonds. The topological polar surface area (TPSA) is 29.5 Å². The van der Waals surface area contributed by atoms with Gasteiger partial charge in [0.2, 0.25) is 0 Å². The molecule has 110 valence electrons. The van der Waals surface area contributed by atoms with Crippen molar-refractivity contribution in [3.05, 3.63) is 35.4 Å². The Balaban J connectivity index is 1.94. The van der Waals surface area contributed by atoms with Crippen LogP contribution in [0, 0.1) is 11.6 Å². The average molecular weight is 283 g/mol. The number of Topliss-reactive ketones (excluding diaryl/α,β-unsaturated/α-hetero) is 1. The second-order valence-electron chi connectivity index (χ2n) is 5.66. The average Bonchev–Trinajstić information content (AvgIpc) is 2.38. The SMILES string of the molecule is CC1(C)CN(CCC(=O)c2cccc(F)c2F)CCO1. The van der Waals surface area contributed by atoms with E-state index in [-0.39, 0.29) is 23.4 Å². The fraction of sp³-hybridized carbons (Fsp3) is 0.533. The summed E-state index contributed by atoms with van der Waals surface area (Å²) in [5.74, 6) is -2.41. The van der Waals surface area contributed by atoms with Gasteiger partial charge >= 0.3 is 0 Å². The first-order chi connectivity index (χ1) is 9.39. The summed E-state index contributed by atoms with van der Waals surface area (Å²) in [7, 11) is 0. The van der Waals surface area contributed by atoms with Gasteiger partial charge in [-0.2, -0.15) is 0 Å². The molecule has 0 atom stereocenters. The predicted octanol–water partition coefficient (Wildman–Crippen LogP) is 2.65. The number of rotatable bonds is 4. The quantitative estimate of drug-likeness (QED) is 0.796. The van der Waals surface area contributed by atoms with Crippen LogP contribution in [0.3, 0.4) is 0 Å². The van der Waals surface area contributed by atoms with Gasteiger partial charge in [0.05, 0.1) is 17.8 Å². The largest absolute Gasteiger partial charge is 0.373 e. The Labute approximate surface area is 117 Å². The molecule has 1 aromatic carbocycles. The van der Waals surface area contributed by atoms with Crippen LogP contribution in [0.1, 0.15) is 30.6 Å². The van der Waals surface area contributed by atoms with Gasteiger partial charge < -0.3 is 4.74 Å². The lowest BCUT2D eigenvalue weighted by atomic mass is 10.0. The van der Waals surface area contributed by atoms with Crippen molar-refractivity contribution >= 4 is 5.78 Å². The van der Waals surface area contributed by atoms with Crippen molar-refractivity contribution in [3.63, 3.8) is 0 Å². The van der Waals surface area contributed by atoms with Crippen LogP contribution >= 0.6 is 0 Å². The fourth-order valence-corrected chi connectivity index (χ4v) is 2.42. The van der Waals surface area contributed by atoms with Crippen LogP contribution in [0.15, 0.2) is 18.2 Å². The van der Waals surface area contributed by atoms with Crippen molar-refractivity contribution in [3.8, 4) is 0 Å². The lowest BCUT2D eigenvalue weighted by Gasteiger charge is -2.38. The number of ether oxygens (including phenoxy) is 1. The van der Waals surface area contributed by atoms with E-state index in [4.69, 9.17) is 4.74 Å². The number of ketones is 1. The minimum absolute atomic E-state index is 0.169. The summed E-state index contributed by atoms with van der Waals surface area (Å²) < 4.78 is 32.2. The zero-order chi connectivity index (χ0) is 14.8. The van der Waals surface area contributed by atoms with Gasteiger partial charge in [0, 0.05) is 26.1 Å². The molecule has 0 aliphatic carbocycles. The number of hydrogen-bond donors (Lipinski definition) is 0. The van der Waals surface area contributed by atoms with Crippen LogP contribution in [-0.2, 0) is 4.74 Å². The molecule has 2 rings (SSSR count). The number of halogens is 2. The lowest BCUT2D eigenvalue weighted by Crippen LogP contribution is -2.48. The van der Waals surface area contributed by atoms with Gasteiger partial charge in [-0.15, -0.1) is 0 Å². The van der Waals surface area contributed by atoms with E-state index in [0.717, 1.165) is 19.2 Å². The van der Waals surface area contributed by atoms with Crippen molar-refractivity contribution < 1.29 is 18.3 Å². The maximum absolute atomic E-state index is 13.5. The number of hydrogen-bond acceptors (Lipinski definition) is 3. The van der Waals surface area contributed by atoms with Crippen molar-refractivity contribution in [1.29, 1.82) is 0 Å². The second-order valence-corrected chi connectivity index (χ2v) is 5.66. The zero-order valence-electron chi connectivity index (χ0n) is 11.8. The Morgan fingerprint density at radius 2 is 2.15 bits per heavy atom. The highest BCUT2D eigenvalue weighted by Crippen LogP contribution is 2.18. The van der Waals surface area contributed by atoms with Gasteiger partial charge in [0.25, 0.3) is 0 Å². The molecule has 0 radical (unpaired) electrons. The van der Waals surface area contributed by atoms with Gasteiger partial charge in [-0.25, -0.2) is 8.78 Å². The zero-order valence-corrected chi connectivity index (χ0v) is 11.8. The van der Waals surface area contributed by atoms with Crippen LogP contribution in [0.25, 0.3) is 0 Å². The van der Waals surface area contributed by atoms with E-state index in [1.807, 2.05) is 13.8 Å². The third-order valence-electron chi connectivity index (χ3n) is 3.41. The Hall–Kier alpha value is -1.33. The Morgan fingerprint density at radius 3 is 2.85 bits per heavy atom. The van der Waals surface area contributed by atoms with Crippen molar-refractivity contribution in [1.82, 2.24) is 4.90 Å². The summed E-state index contributed by atoms with van der Waals surface area (Å²) in [4.78, 5) is 14.1. The van der Waals surface area contributed by atoms with E-state index in [2.05, 4.69) is 4.90 Å². The van der Waals surface area contributed by atoms with Crippen LogP contribution in [0.5, 0.6) is 0 Å². The third-order valence-corrected chi connectivity index (χ3v) is 3.41. The first-order valence-corrected chi connectivity index (χ1v) is 6.72. The molecular weight excluding hydrogens is 264 g/mol. The number of nitrogens with zero attached hydrogens (tertiary/aromatic N) is 1. The Bertz CT molecular complexity index is 503. The number of carbonyl (C=O) groups excluding carboxylic acids is 1. The molecule has 20 heavy (non-hydrogen) atoms. The fourth-order valence-electron chi connectivity index (χ4n) is 2.42. The molecule has 0 unspecified atom stereocenters. The highest BCUT2D eigenvalue weighted by molar-refractivity contribution is 5.96. The molecule has 1 saturated heterocycles.